The van der Waals surface area contributed by atoms with Gasteiger partial charge in [-0.1, -0.05) is 12.8 Å². The molecule has 0 aliphatic heterocycles. The fourth-order valence-corrected chi connectivity index (χ4v) is 2.37. The van der Waals surface area contributed by atoms with Crippen molar-refractivity contribution < 1.29 is 9.84 Å². The average molecular weight is 281 g/mol. The fourth-order valence-electron chi connectivity index (χ4n) is 2.37. The molecule has 112 valence electrons. The predicted octanol–water partition coefficient (Wildman–Crippen LogP) is 1.01. The van der Waals surface area contributed by atoms with Gasteiger partial charge in [0.25, 0.3) is 0 Å². The minimum absolute atomic E-state index is 0.0317. The van der Waals surface area contributed by atoms with Crippen LogP contribution in [0.4, 0.5) is 11.6 Å². The van der Waals surface area contributed by atoms with Crippen molar-refractivity contribution in [3.8, 4) is 0 Å². The minimum Gasteiger partial charge on any atom is -0.391 e. The van der Waals surface area contributed by atoms with Crippen molar-refractivity contribution in [1.82, 2.24) is 9.97 Å². The third-order valence-electron chi connectivity index (χ3n) is 3.42. The van der Waals surface area contributed by atoms with Crippen LogP contribution in [0.2, 0.25) is 0 Å². The van der Waals surface area contributed by atoms with Gasteiger partial charge < -0.3 is 20.6 Å². The van der Waals surface area contributed by atoms with Crippen LogP contribution in [0.1, 0.15) is 38.4 Å². The first kappa shape index (κ1) is 15.0. The first-order valence-electron chi connectivity index (χ1n) is 7.10. The van der Waals surface area contributed by atoms with E-state index >= 15 is 0 Å². The van der Waals surface area contributed by atoms with Gasteiger partial charge in [0.15, 0.2) is 5.82 Å². The number of nitrogens with two attached hydrogens (primary N) is 1. The molecule has 2 unspecified atom stereocenters. The zero-order chi connectivity index (χ0) is 14.4. The molecule has 1 fully saturated rings. The summed E-state index contributed by atoms with van der Waals surface area (Å²) in [5.74, 6) is 7.17. The molecule has 0 spiro atoms. The van der Waals surface area contributed by atoms with Gasteiger partial charge in [0.05, 0.1) is 12.1 Å². The predicted molar refractivity (Wildman–Crippen MR) is 77.1 cm³/mol. The van der Waals surface area contributed by atoms with Gasteiger partial charge in [0, 0.05) is 12.7 Å². The molecule has 0 aromatic carbocycles. The molecule has 2 rings (SSSR count). The quantitative estimate of drug-likeness (QED) is 0.455. The van der Waals surface area contributed by atoms with E-state index in [1.807, 2.05) is 6.92 Å². The largest absolute Gasteiger partial charge is 0.391 e. The Bertz CT molecular complexity index is 429. The normalized spacial score (nSPS) is 22.6. The smallest absolute Gasteiger partial charge is 0.158 e. The molecule has 0 saturated heterocycles. The highest BCUT2D eigenvalue weighted by molar-refractivity contribution is 5.47. The van der Waals surface area contributed by atoms with E-state index in [9.17, 15) is 5.11 Å². The van der Waals surface area contributed by atoms with Crippen LogP contribution in [0.5, 0.6) is 0 Å². The van der Waals surface area contributed by atoms with E-state index in [1.165, 1.54) is 0 Å². The molecule has 20 heavy (non-hydrogen) atoms. The van der Waals surface area contributed by atoms with Gasteiger partial charge >= 0.3 is 0 Å². The highest BCUT2D eigenvalue weighted by atomic mass is 16.5. The molecule has 0 amide bonds. The van der Waals surface area contributed by atoms with Crippen LogP contribution in [-0.2, 0) is 11.3 Å². The number of hydrazine groups is 1. The van der Waals surface area contributed by atoms with E-state index < -0.39 is 0 Å². The summed E-state index contributed by atoms with van der Waals surface area (Å²) < 4.78 is 5.31. The van der Waals surface area contributed by atoms with Gasteiger partial charge in [-0.3, -0.25) is 0 Å². The first-order valence-corrected chi connectivity index (χ1v) is 7.10. The Kier molecular flexibility index (Phi) is 5.51. The van der Waals surface area contributed by atoms with Gasteiger partial charge in [-0.2, -0.15) is 0 Å². The number of ether oxygens (including phenoxy) is 1. The monoisotopic (exact) mass is 281 g/mol. The third kappa shape index (κ3) is 4.03. The van der Waals surface area contributed by atoms with Gasteiger partial charge in [-0.05, 0) is 19.8 Å². The number of aliphatic hydroxyl groups is 1. The summed E-state index contributed by atoms with van der Waals surface area (Å²) in [5, 5.41) is 13.3. The second kappa shape index (κ2) is 7.37. The molecule has 5 N–H and O–H groups in total. The summed E-state index contributed by atoms with van der Waals surface area (Å²) in [5.41, 5.74) is 2.52. The van der Waals surface area contributed by atoms with E-state index in [0.717, 1.165) is 25.7 Å². The van der Waals surface area contributed by atoms with E-state index in [2.05, 4.69) is 20.7 Å². The Hall–Kier alpha value is -1.44. The molecular formula is C13H23N5O2. The van der Waals surface area contributed by atoms with Crippen LogP contribution < -0.4 is 16.6 Å². The maximum Gasteiger partial charge on any atom is 0.158 e. The lowest BCUT2D eigenvalue weighted by atomic mass is 9.92. The molecule has 0 radical (unpaired) electrons. The van der Waals surface area contributed by atoms with E-state index in [0.29, 0.717) is 30.7 Å². The van der Waals surface area contributed by atoms with Crippen LogP contribution >= 0.6 is 0 Å². The van der Waals surface area contributed by atoms with E-state index in [1.54, 1.807) is 6.07 Å². The summed E-state index contributed by atoms with van der Waals surface area (Å²) in [4.78, 5) is 8.62. The second-order valence-electron chi connectivity index (χ2n) is 4.94. The number of hydrogen-bond donors (Lipinski definition) is 4. The Morgan fingerprint density at radius 2 is 2.10 bits per heavy atom. The van der Waals surface area contributed by atoms with Crippen molar-refractivity contribution in [3.05, 3.63) is 11.9 Å². The molecule has 7 heteroatoms. The van der Waals surface area contributed by atoms with Gasteiger partial charge in [0.2, 0.25) is 0 Å². The highest BCUT2D eigenvalue weighted by Crippen LogP contribution is 2.22. The maximum absolute atomic E-state index is 10.00. The van der Waals surface area contributed by atoms with E-state index in [4.69, 9.17) is 10.6 Å². The molecule has 0 bridgehead atoms. The summed E-state index contributed by atoms with van der Waals surface area (Å²) >= 11 is 0. The van der Waals surface area contributed by atoms with Crippen molar-refractivity contribution >= 4 is 11.6 Å². The minimum atomic E-state index is -0.330. The Morgan fingerprint density at radius 1 is 1.35 bits per heavy atom. The highest BCUT2D eigenvalue weighted by Gasteiger charge is 2.23. The van der Waals surface area contributed by atoms with Crippen LogP contribution in [0, 0.1) is 0 Å². The topological polar surface area (TPSA) is 105 Å². The van der Waals surface area contributed by atoms with Gasteiger partial charge in [0.1, 0.15) is 18.2 Å². The fraction of sp³-hybridized carbons (Fsp3) is 0.692. The number of aromatic nitrogens is 2. The summed E-state index contributed by atoms with van der Waals surface area (Å²) in [6.45, 7) is 2.87. The molecule has 2 atom stereocenters. The van der Waals surface area contributed by atoms with E-state index in [-0.39, 0.29) is 12.1 Å². The number of nitrogens with one attached hydrogen (secondary N) is 2. The number of nitrogen functional groups attached to an aromatic ring is 1. The van der Waals surface area contributed by atoms with Crippen LogP contribution in [-0.4, -0.2) is 33.8 Å². The number of hydrogen-bond acceptors (Lipinski definition) is 7. The van der Waals surface area contributed by atoms with Gasteiger partial charge in [-0.25, -0.2) is 15.8 Å². The number of anilines is 2. The lowest BCUT2D eigenvalue weighted by molar-refractivity contribution is 0.116. The molecule has 1 aromatic rings. The van der Waals surface area contributed by atoms with Crippen LogP contribution in [0.25, 0.3) is 0 Å². The summed E-state index contributed by atoms with van der Waals surface area (Å²) in [6, 6.07) is 1.76. The van der Waals surface area contributed by atoms with Crippen molar-refractivity contribution in [2.75, 3.05) is 17.3 Å². The summed E-state index contributed by atoms with van der Waals surface area (Å²) in [7, 11) is 0. The molecule has 1 heterocycles. The zero-order valence-corrected chi connectivity index (χ0v) is 11.8. The van der Waals surface area contributed by atoms with Crippen molar-refractivity contribution in [3.63, 3.8) is 0 Å². The molecular weight excluding hydrogens is 258 g/mol. The van der Waals surface area contributed by atoms with Crippen LogP contribution in [0.15, 0.2) is 6.07 Å². The zero-order valence-electron chi connectivity index (χ0n) is 11.8. The molecule has 1 aliphatic carbocycles. The lowest BCUT2D eigenvalue weighted by Gasteiger charge is -2.28. The van der Waals surface area contributed by atoms with Gasteiger partial charge in [-0.15, -0.1) is 0 Å². The second-order valence-corrected chi connectivity index (χ2v) is 4.94. The molecule has 1 saturated carbocycles. The number of aliphatic hydroxyl groups excluding tert-OH is 1. The number of nitrogens with zero attached hydrogens (tertiary/aromatic N) is 2. The Labute approximate surface area is 118 Å². The number of rotatable bonds is 6. The lowest BCUT2D eigenvalue weighted by Crippen LogP contribution is -2.36. The third-order valence-corrected chi connectivity index (χ3v) is 3.42. The Morgan fingerprint density at radius 3 is 2.80 bits per heavy atom. The molecule has 1 aromatic heterocycles. The van der Waals surface area contributed by atoms with Crippen molar-refractivity contribution in [2.24, 2.45) is 5.84 Å². The van der Waals surface area contributed by atoms with Crippen molar-refractivity contribution in [1.29, 1.82) is 0 Å². The first-order chi connectivity index (χ1) is 9.72. The molecule has 7 nitrogen and oxygen atoms in total. The average Bonchev–Trinajstić information content (AvgIpc) is 2.47. The molecule has 1 aliphatic rings. The standard InChI is InChI=1S/C13H23N5O2/c1-2-20-8-13-16-11(7-12(17-13)18-14)15-9-5-3-4-6-10(9)19/h7,9-10,19H,2-6,8,14H2,1H3,(H2,15,16,17,18). The maximum atomic E-state index is 10.00. The van der Waals surface area contributed by atoms with Crippen molar-refractivity contribution in [2.45, 2.75) is 51.4 Å². The van der Waals surface area contributed by atoms with Crippen LogP contribution in [0.3, 0.4) is 0 Å². The SMILES string of the molecule is CCOCc1nc(NN)cc(NC2CCCCC2O)n1. The summed E-state index contributed by atoms with van der Waals surface area (Å²) in [6.07, 6.45) is 3.64. The Balaban J connectivity index is 2.08.